The summed E-state index contributed by atoms with van der Waals surface area (Å²) in [7, 11) is 0. The Hall–Kier alpha value is -3.93. The van der Waals surface area contributed by atoms with Crippen LogP contribution in [0.2, 0.25) is 0 Å². The minimum atomic E-state index is -4.73. The van der Waals surface area contributed by atoms with Gasteiger partial charge in [-0.25, -0.2) is 9.50 Å². The zero-order valence-electron chi connectivity index (χ0n) is 20.3. The summed E-state index contributed by atoms with van der Waals surface area (Å²) in [5.74, 6) is -0.831. The molecule has 8 nitrogen and oxygen atoms in total. The number of hydrogen-bond acceptors (Lipinski definition) is 6. The molecule has 0 atom stereocenters. The van der Waals surface area contributed by atoms with Gasteiger partial charge in [-0.3, -0.25) is 14.9 Å². The van der Waals surface area contributed by atoms with Crippen LogP contribution in [-0.4, -0.2) is 25.4 Å². The van der Waals surface area contributed by atoms with Crippen LogP contribution < -0.4 is 5.32 Å². The van der Waals surface area contributed by atoms with Gasteiger partial charge in [-0.05, 0) is 31.2 Å². The van der Waals surface area contributed by atoms with E-state index in [2.05, 4.69) is 15.4 Å². The summed E-state index contributed by atoms with van der Waals surface area (Å²) in [5, 5.41) is 17.8. The van der Waals surface area contributed by atoms with Crippen LogP contribution in [0.5, 0.6) is 0 Å². The van der Waals surface area contributed by atoms with E-state index in [1.165, 1.54) is 23.9 Å². The first kappa shape index (κ1) is 26.1. The molecule has 0 fully saturated rings. The lowest BCUT2D eigenvalue weighted by Gasteiger charge is -2.19. The molecule has 37 heavy (non-hydrogen) atoms. The van der Waals surface area contributed by atoms with E-state index in [1.807, 2.05) is 31.2 Å². The topological polar surface area (TPSA) is 102 Å². The molecule has 0 saturated heterocycles. The van der Waals surface area contributed by atoms with Crippen LogP contribution in [0.3, 0.4) is 0 Å². The monoisotopic (exact) mass is 529 g/mol. The zero-order chi connectivity index (χ0) is 27.1. The lowest BCUT2D eigenvalue weighted by Crippen LogP contribution is -2.20. The number of nitro benzene ring substituents is 1. The number of aryl methyl sites for hydroxylation is 1. The van der Waals surface area contributed by atoms with Gasteiger partial charge in [-0.2, -0.15) is 18.3 Å². The summed E-state index contributed by atoms with van der Waals surface area (Å²) in [6.45, 7) is 7.12. The molecule has 2 heterocycles. The third kappa shape index (κ3) is 5.91. The molecule has 2 aromatic heterocycles. The van der Waals surface area contributed by atoms with Gasteiger partial charge in [0.15, 0.2) is 11.3 Å². The first-order valence-corrected chi connectivity index (χ1v) is 11.9. The molecular formula is C25H22F3N5O3S. The third-order valence-corrected chi connectivity index (χ3v) is 6.31. The van der Waals surface area contributed by atoms with Crippen molar-refractivity contribution in [2.24, 2.45) is 0 Å². The molecule has 4 rings (SSSR count). The Labute approximate surface area is 214 Å². The number of nitrogens with one attached hydrogen (secondary N) is 1. The number of carbonyl (C=O) groups excluding carboxylic acids is 1. The van der Waals surface area contributed by atoms with Crippen LogP contribution in [0.1, 0.15) is 48.2 Å². The number of amides is 1. The Morgan fingerprint density at radius 1 is 1.03 bits per heavy atom. The van der Waals surface area contributed by atoms with E-state index in [9.17, 15) is 28.1 Å². The van der Waals surface area contributed by atoms with Crippen molar-refractivity contribution >= 4 is 34.7 Å². The molecule has 0 radical (unpaired) electrons. The van der Waals surface area contributed by atoms with Crippen LogP contribution in [0.15, 0.2) is 64.4 Å². The van der Waals surface area contributed by atoms with Gasteiger partial charge in [0, 0.05) is 39.1 Å². The van der Waals surface area contributed by atoms with Crippen molar-refractivity contribution in [2.45, 2.75) is 49.1 Å². The Morgan fingerprint density at radius 3 is 2.30 bits per heavy atom. The highest BCUT2D eigenvalue weighted by molar-refractivity contribution is 7.99. The Kier molecular flexibility index (Phi) is 6.72. The number of nitrogens with zero attached hydrogens (tertiary/aromatic N) is 4. The van der Waals surface area contributed by atoms with Gasteiger partial charge in [0.1, 0.15) is 5.69 Å². The minimum absolute atomic E-state index is 0.102. The van der Waals surface area contributed by atoms with Gasteiger partial charge in [-0.15, -0.1) is 0 Å². The van der Waals surface area contributed by atoms with Crippen molar-refractivity contribution in [3.8, 4) is 0 Å². The smallest absolute Gasteiger partial charge is 0.320 e. The summed E-state index contributed by atoms with van der Waals surface area (Å²) in [6, 6.07) is 13.7. The van der Waals surface area contributed by atoms with Crippen LogP contribution in [0, 0.1) is 17.0 Å². The van der Waals surface area contributed by atoms with Crippen molar-refractivity contribution in [2.75, 3.05) is 5.32 Å². The van der Waals surface area contributed by atoms with Gasteiger partial charge in [0.2, 0.25) is 0 Å². The van der Waals surface area contributed by atoms with Crippen molar-refractivity contribution in [3.05, 3.63) is 87.4 Å². The highest BCUT2D eigenvalue weighted by Gasteiger charge is 2.36. The first-order chi connectivity index (χ1) is 17.2. The minimum Gasteiger partial charge on any atom is -0.320 e. The molecule has 2 aromatic carbocycles. The summed E-state index contributed by atoms with van der Waals surface area (Å²) >= 11 is 1.27. The second-order valence-electron chi connectivity index (χ2n) is 9.42. The summed E-state index contributed by atoms with van der Waals surface area (Å²) in [4.78, 5) is 29.4. The van der Waals surface area contributed by atoms with Crippen LogP contribution >= 0.6 is 11.8 Å². The Morgan fingerprint density at radius 2 is 1.70 bits per heavy atom. The molecule has 0 aliphatic rings. The molecule has 1 amide bonds. The maximum absolute atomic E-state index is 13.8. The summed E-state index contributed by atoms with van der Waals surface area (Å²) in [6.07, 6.45) is -4.73. The summed E-state index contributed by atoms with van der Waals surface area (Å²) < 4.78 is 41.8. The molecule has 192 valence electrons. The lowest BCUT2D eigenvalue weighted by atomic mass is 9.91. The van der Waals surface area contributed by atoms with Gasteiger partial charge in [0.05, 0.1) is 10.6 Å². The summed E-state index contributed by atoms with van der Waals surface area (Å²) in [5.41, 5.74) is -1.10. The number of aromatic nitrogens is 3. The second-order valence-corrected chi connectivity index (χ2v) is 10.6. The average molecular weight is 530 g/mol. The van der Waals surface area contributed by atoms with E-state index in [0.29, 0.717) is 9.41 Å². The fraction of sp³-hybridized carbons (Fsp3) is 0.240. The van der Waals surface area contributed by atoms with Crippen molar-refractivity contribution < 1.29 is 22.9 Å². The van der Waals surface area contributed by atoms with Crippen LogP contribution in [0.4, 0.5) is 24.5 Å². The van der Waals surface area contributed by atoms with E-state index < -0.39 is 28.1 Å². The van der Waals surface area contributed by atoms with Crippen LogP contribution in [-0.2, 0) is 11.6 Å². The van der Waals surface area contributed by atoms with Gasteiger partial charge < -0.3 is 5.32 Å². The molecule has 12 heteroatoms. The van der Waals surface area contributed by atoms with Crippen molar-refractivity contribution in [3.63, 3.8) is 0 Å². The molecule has 4 aromatic rings. The van der Waals surface area contributed by atoms with Crippen molar-refractivity contribution in [1.29, 1.82) is 0 Å². The number of fused-ring (bicyclic) bond motifs is 1. The average Bonchev–Trinajstić information content (AvgIpc) is 3.23. The Balaban J connectivity index is 1.69. The van der Waals surface area contributed by atoms with E-state index in [1.54, 1.807) is 26.8 Å². The molecule has 0 saturated carbocycles. The molecule has 0 aliphatic heterocycles. The van der Waals surface area contributed by atoms with E-state index >= 15 is 0 Å². The number of benzene rings is 2. The maximum Gasteiger partial charge on any atom is 0.433 e. The van der Waals surface area contributed by atoms with E-state index in [0.717, 1.165) is 22.6 Å². The van der Waals surface area contributed by atoms with Crippen LogP contribution in [0.25, 0.3) is 5.65 Å². The number of halogens is 3. The second kappa shape index (κ2) is 9.51. The predicted octanol–water partition coefficient (Wildman–Crippen LogP) is 6.67. The standard InChI is InChI=1S/C25H22F3N5O3S/c1-14-5-7-17(8-6-14)37-18-10-15(9-16(11-18)33(35)36)29-23(34)19-12-22-30-20(24(2,3)4)13-21(25(26,27)28)32(22)31-19/h5-13H,1-4H3,(H,29,34). The molecule has 1 N–H and O–H groups in total. The number of alkyl halides is 3. The fourth-order valence-corrected chi connectivity index (χ4v) is 4.34. The maximum atomic E-state index is 13.8. The third-order valence-electron chi connectivity index (χ3n) is 5.34. The van der Waals surface area contributed by atoms with E-state index in [-0.39, 0.29) is 28.4 Å². The van der Waals surface area contributed by atoms with Gasteiger partial charge in [-0.1, -0.05) is 50.2 Å². The molecule has 0 bridgehead atoms. The van der Waals surface area contributed by atoms with E-state index in [4.69, 9.17) is 0 Å². The largest absolute Gasteiger partial charge is 0.433 e. The number of anilines is 1. The molecular weight excluding hydrogens is 507 g/mol. The number of hydrogen-bond donors (Lipinski definition) is 1. The number of non-ortho nitro benzene ring substituents is 1. The predicted molar refractivity (Wildman–Crippen MR) is 133 cm³/mol. The Bertz CT molecular complexity index is 1510. The number of carbonyl (C=O) groups is 1. The molecule has 0 aliphatic carbocycles. The molecule has 0 spiro atoms. The van der Waals surface area contributed by atoms with Gasteiger partial charge in [0.25, 0.3) is 11.6 Å². The zero-order valence-corrected chi connectivity index (χ0v) is 21.1. The number of nitro groups is 1. The highest BCUT2D eigenvalue weighted by atomic mass is 32.2. The quantitative estimate of drug-likeness (QED) is 0.229. The lowest BCUT2D eigenvalue weighted by molar-refractivity contribution is -0.385. The molecule has 0 unspecified atom stereocenters. The van der Waals surface area contributed by atoms with Crippen molar-refractivity contribution in [1.82, 2.24) is 14.6 Å². The normalized spacial score (nSPS) is 12.1. The van der Waals surface area contributed by atoms with Gasteiger partial charge >= 0.3 is 6.18 Å². The highest BCUT2D eigenvalue weighted by Crippen LogP contribution is 2.34. The SMILES string of the molecule is Cc1ccc(Sc2cc(NC(=O)c3cc4nc(C(C)(C)C)cc(C(F)(F)F)n4n3)cc([N+](=O)[O-])c2)cc1. The fourth-order valence-electron chi connectivity index (χ4n) is 3.43. The first-order valence-electron chi connectivity index (χ1n) is 11.0. The number of rotatable bonds is 5.